The van der Waals surface area contributed by atoms with E-state index < -0.39 is 0 Å². The van der Waals surface area contributed by atoms with E-state index in [0.717, 1.165) is 20.2 Å². The second-order valence-corrected chi connectivity index (χ2v) is 9.30. The molecular weight excluding hydrogens is 400 g/mol. The molecule has 3 aromatic heterocycles. The molecule has 0 unspecified atom stereocenters. The van der Waals surface area contributed by atoms with Crippen LogP contribution in [-0.4, -0.2) is 24.8 Å². The molecule has 3 heterocycles. The number of aryl methyl sites for hydroxylation is 2. The summed E-state index contributed by atoms with van der Waals surface area (Å²) in [5.41, 5.74) is 4.01. The van der Waals surface area contributed by atoms with E-state index in [9.17, 15) is 4.79 Å². The number of benzene rings is 1. The molecule has 138 valence electrons. The zero-order chi connectivity index (χ0) is 19.0. The van der Waals surface area contributed by atoms with Crippen LogP contribution in [0, 0.1) is 20.8 Å². The maximum absolute atomic E-state index is 12.1. The van der Waals surface area contributed by atoms with Gasteiger partial charge in [0.2, 0.25) is 10.1 Å². The molecule has 10 heteroatoms. The number of nitrogens with one attached hydrogen (secondary N) is 1. The van der Waals surface area contributed by atoms with E-state index in [1.54, 1.807) is 0 Å². The first-order chi connectivity index (χ1) is 13.0. The molecule has 0 aliphatic rings. The highest BCUT2D eigenvalue weighted by Gasteiger charge is 2.10. The molecular formula is C17H16N6OS3. The van der Waals surface area contributed by atoms with E-state index in [1.165, 1.54) is 56.1 Å². The Morgan fingerprint density at radius 1 is 1.19 bits per heavy atom. The molecule has 0 radical (unpaired) electrons. The van der Waals surface area contributed by atoms with Crippen molar-refractivity contribution in [1.29, 1.82) is 0 Å². The number of anilines is 2. The molecule has 4 rings (SSSR count). The van der Waals surface area contributed by atoms with Gasteiger partial charge in [0.1, 0.15) is 5.01 Å². The van der Waals surface area contributed by atoms with Gasteiger partial charge in [-0.05, 0) is 38.0 Å². The molecule has 0 aliphatic heterocycles. The van der Waals surface area contributed by atoms with Crippen LogP contribution in [0.2, 0.25) is 0 Å². The first kappa shape index (κ1) is 18.1. The summed E-state index contributed by atoms with van der Waals surface area (Å²) in [5.74, 6) is 0.556. The smallest absolute Gasteiger partial charge is 0.275 e. The minimum atomic E-state index is -0.158. The van der Waals surface area contributed by atoms with Gasteiger partial charge in [0.25, 0.3) is 5.56 Å². The Morgan fingerprint density at radius 2 is 2.04 bits per heavy atom. The average molecular weight is 417 g/mol. The van der Waals surface area contributed by atoms with Crippen molar-refractivity contribution in [2.45, 2.75) is 30.9 Å². The van der Waals surface area contributed by atoms with Gasteiger partial charge in [-0.15, -0.1) is 10.2 Å². The van der Waals surface area contributed by atoms with Gasteiger partial charge >= 0.3 is 0 Å². The molecule has 27 heavy (non-hydrogen) atoms. The Morgan fingerprint density at radius 3 is 2.89 bits per heavy atom. The summed E-state index contributed by atoms with van der Waals surface area (Å²) in [6.45, 7) is 6.02. The number of rotatable bonds is 5. The van der Waals surface area contributed by atoms with E-state index in [-0.39, 0.29) is 5.56 Å². The largest absolute Gasteiger partial charge is 0.330 e. The van der Waals surface area contributed by atoms with Crippen LogP contribution in [0.25, 0.3) is 4.96 Å². The Bertz CT molecular complexity index is 1180. The Balaban J connectivity index is 1.47. The normalized spacial score (nSPS) is 11.2. The highest BCUT2D eigenvalue weighted by atomic mass is 32.2. The molecule has 1 aromatic carbocycles. The minimum Gasteiger partial charge on any atom is -0.330 e. The third-order valence-corrected chi connectivity index (χ3v) is 6.82. The topological polar surface area (TPSA) is 85.1 Å². The first-order valence-corrected chi connectivity index (χ1v) is 10.8. The van der Waals surface area contributed by atoms with Crippen molar-refractivity contribution in [3.63, 3.8) is 0 Å². The Hall–Kier alpha value is -2.30. The molecule has 1 N–H and O–H groups in total. The highest BCUT2D eigenvalue weighted by Crippen LogP contribution is 2.30. The van der Waals surface area contributed by atoms with Gasteiger partial charge in [0.05, 0.1) is 5.69 Å². The molecule has 0 amide bonds. The van der Waals surface area contributed by atoms with Gasteiger partial charge in [-0.25, -0.2) is 4.98 Å². The van der Waals surface area contributed by atoms with Gasteiger partial charge < -0.3 is 5.32 Å². The van der Waals surface area contributed by atoms with Crippen molar-refractivity contribution in [2.75, 3.05) is 5.32 Å². The average Bonchev–Trinajstić information content (AvgIpc) is 3.23. The minimum absolute atomic E-state index is 0.158. The van der Waals surface area contributed by atoms with Gasteiger partial charge in [0.15, 0.2) is 4.34 Å². The van der Waals surface area contributed by atoms with Gasteiger partial charge in [-0.3, -0.25) is 4.79 Å². The van der Waals surface area contributed by atoms with E-state index >= 15 is 0 Å². The zero-order valence-electron chi connectivity index (χ0n) is 14.9. The van der Waals surface area contributed by atoms with Crippen molar-refractivity contribution in [2.24, 2.45) is 0 Å². The lowest BCUT2D eigenvalue weighted by atomic mass is 10.1. The number of fused-ring (bicyclic) bond motifs is 1. The summed E-state index contributed by atoms with van der Waals surface area (Å²) in [5, 5.41) is 17.5. The molecule has 4 aromatic rings. The van der Waals surface area contributed by atoms with Crippen molar-refractivity contribution >= 4 is 50.2 Å². The van der Waals surface area contributed by atoms with E-state index in [4.69, 9.17) is 0 Å². The molecule has 0 fully saturated rings. The van der Waals surface area contributed by atoms with Crippen LogP contribution in [0.1, 0.15) is 21.8 Å². The van der Waals surface area contributed by atoms with Gasteiger partial charge in [-0.2, -0.15) is 9.61 Å². The summed E-state index contributed by atoms with van der Waals surface area (Å²) < 4.78 is 2.16. The van der Waals surface area contributed by atoms with Crippen LogP contribution in [0.5, 0.6) is 0 Å². The van der Waals surface area contributed by atoms with E-state index in [1.807, 2.05) is 19.1 Å². The Kier molecular flexibility index (Phi) is 4.94. The summed E-state index contributed by atoms with van der Waals surface area (Å²) in [6.07, 6.45) is 0. The fraction of sp³-hybridized carbons (Fsp3) is 0.235. The van der Waals surface area contributed by atoms with Crippen molar-refractivity contribution in [3.05, 3.63) is 56.4 Å². The maximum atomic E-state index is 12.1. The van der Waals surface area contributed by atoms with Crippen LogP contribution in [0.3, 0.4) is 0 Å². The second-order valence-electron chi connectivity index (χ2n) is 5.94. The van der Waals surface area contributed by atoms with Crippen LogP contribution in [0.4, 0.5) is 10.8 Å². The van der Waals surface area contributed by atoms with Crippen molar-refractivity contribution in [3.8, 4) is 0 Å². The lowest BCUT2D eigenvalue weighted by Crippen LogP contribution is -2.15. The van der Waals surface area contributed by atoms with Crippen LogP contribution >= 0.6 is 34.4 Å². The van der Waals surface area contributed by atoms with Crippen LogP contribution in [0.15, 0.2) is 33.4 Å². The van der Waals surface area contributed by atoms with E-state index in [2.05, 4.69) is 45.5 Å². The molecule has 0 aliphatic carbocycles. The number of hydrogen-bond acceptors (Lipinski definition) is 9. The zero-order valence-corrected chi connectivity index (χ0v) is 17.3. The number of aromatic nitrogens is 5. The lowest BCUT2D eigenvalue weighted by Gasteiger charge is -2.08. The third kappa shape index (κ3) is 3.87. The third-order valence-electron chi connectivity index (χ3n) is 4.00. The lowest BCUT2D eigenvalue weighted by molar-refractivity contribution is 0.871. The van der Waals surface area contributed by atoms with E-state index in [0.29, 0.717) is 16.4 Å². The SMILES string of the molecule is Cc1nn2c(=O)cc(CSc3nnc(Nc4cccc(C)c4C)s3)nc2s1. The summed E-state index contributed by atoms with van der Waals surface area (Å²) in [7, 11) is 0. The Labute approximate surface area is 167 Å². The second kappa shape index (κ2) is 7.37. The molecule has 7 nitrogen and oxygen atoms in total. The highest BCUT2D eigenvalue weighted by molar-refractivity contribution is 8.00. The van der Waals surface area contributed by atoms with Crippen LogP contribution in [-0.2, 0) is 5.75 Å². The summed E-state index contributed by atoms with van der Waals surface area (Å²) in [4.78, 5) is 17.2. The quantitative estimate of drug-likeness (QED) is 0.493. The maximum Gasteiger partial charge on any atom is 0.275 e. The fourth-order valence-corrected chi connectivity index (χ4v) is 4.91. The number of nitrogens with zero attached hydrogens (tertiary/aromatic N) is 5. The van der Waals surface area contributed by atoms with Crippen LogP contribution < -0.4 is 10.9 Å². The molecule has 0 bridgehead atoms. The van der Waals surface area contributed by atoms with Gasteiger partial charge in [0, 0.05) is 17.5 Å². The molecule has 0 atom stereocenters. The summed E-state index contributed by atoms with van der Waals surface area (Å²) in [6, 6.07) is 7.65. The van der Waals surface area contributed by atoms with Crippen molar-refractivity contribution in [1.82, 2.24) is 24.8 Å². The standard InChI is InChI=1S/C17H16N6OS3/c1-9-5-4-6-13(10(9)2)19-15-20-21-17(27-15)25-8-12-7-14(24)23-16(18-12)26-11(3)22-23/h4-7H,8H2,1-3H3,(H,19,20). The predicted molar refractivity (Wildman–Crippen MR) is 111 cm³/mol. The fourth-order valence-electron chi connectivity index (χ4n) is 2.48. The number of thioether (sulfide) groups is 1. The summed E-state index contributed by atoms with van der Waals surface area (Å²) >= 11 is 4.40. The first-order valence-electron chi connectivity index (χ1n) is 8.15. The van der Waals surface area contributed by atoms with Gasteiger partial charge in [-0.1, -0.05) is 46.6 Å². The van der Waals surface area contributed by atoms with Crippen molar-refractivity contribution < 1.29 is 0 Å². The number of hydrogen-bond donors (Lipinski definition) is 1. The molecule has 0 spiro atoms. The molecule has 0 saturated carbocycles. The predicted octanol–water partition coefficient (Wildman–Crippen LogP) is 3.96. The monoisotopic (exact) mass is 416 g/mol. The molecule has 0 saturated heterocycles.